The molecule has 1 aromatic rings. The van der Waals surface area contributed by atoms with Crippen molar-refractivity contribution in [3.63, 3.8) is 0 Å². The standard InChI is InChI=1S/C10H14N6O4/c1-3-4-11-10(19)12-8(17)6-16-14-7(13-15-16)5-9(18)20-2/h3H,1,4-6H2,2H3,(H2,11,12,17,19). The van der Waals surface area contributed by atoms with Crippen molar-refractivity contribution in [2.75, 3.05) is 13.7 Å². The molecule has 0 bridgehead atoms. The summed E-state index contributed by atoms with van der Waals surface area (Å²) < 4.78 is 4.44. The number of amides is 3. The van der Waals surface area contributed by atoms with Gasteiger partial charge in [-0.1, -0.05) is 6.08 Å². The van der Waals surface area contributed by atoms with Gasteiger partial charge in [-0.2, -0.15) is 4.80 Å². The van der Waals surface area contributed by atoms with Gasteiger partial charge in [0.05, 0.1) is 7.11 Å². The number of imide groups is 1. The van der Waals surface area contributed by atoms with Gasteiger partial charge in [0.1, 0.15) is 13.0 Å². The van der Waals surface area contributed by atoms with Gasteiger partial charge in [0.2, 0.25) is 0 Å². The number of nitrogens with zero attached hydrogens (tertiary/aromatic N) is 4. The molecule has 1 heterocycles. The number of carbonyl (C=O) groups excluding carboxylic acids is 3. The summed E-state index contributed by atoms with van der Waals surface area (Å²) in [5.74, 6) is -1.01. The lowest BCUT2D eigenvalue weighted by Crippen LogP contribution is -2.41. The maximum atomic E-state index is 11.5. The SMILES string of the molecule is C=CCNC(=O)NC(=O)Cn1nnc(CC(=O)OC)n1. The van der Waals surface area contributed by atoms with Crippen LogP contribution in [0, 0.1) is 0 Å². The third-order valence-electron chi connectivity index (χ3n) is 1.97. The Morgan fingerprint density at radius 1 is 1.45 bits per heavy atom. The summed E-state index contributed by atoms with van der Waals surface area (Å²) >= 11 is 0. The Bertz CT molecular complexity index is 512. The number of esters is 1. The lowest BCUT2D eigenvalue weighted by atomic mass is 10.4. The number of tetrazole rings is 1. The van der Waals surface area contributed by atoms with Crippen molar-refractivity contribution < 1.29 is 19.1 Å². The minimum atomic E-state index is -0.648. The number of urea groups is 1. The minimum Gasteiger partial charge on any atom is -0.469 e. The zero-order valence-electron chi connectivity index (χ0n) is 10.8. The fourth-order valence-corrected chi connectivity index (χ4v) is 1.12. The van der Waals surface area contributed by atoms with Crippen LogP contribution in [0.5, 0.6) is 0 Å². The Hall–Kier alpha value is -2.78. The average Bonchev–Trinajstić information content (AvgIpc) is 2.83. The third-order valence-corrected chi connectivity index (χ3v) is 1.97. The summed E-state index contributed by atoms with van der Waals surface area (Å²) in [7, 11) is 1.24. The molecule has 0 atom stereocenters. The van der Waals surface area contributed by atoms with Crippen LogP contribution >= 0.6 is 0 Å². The number of hydrogen-bond acceptors (Lipinski definition) is 7. The zero-order chi connectivity index (χ0) is 15.0. The molecule has 0 unspecified atom stereocenters. The summed E-state index contributed by atoms with van der Waals surface area (Å²) in [6.07, 6.45) is 1.33. The van der Waals surface area contributed by atoms with E-state index in [4.69, 9.17) is 0 Å². The Labute approximate surface area is 114 Å². The smallest absolute Gasteiger partial charge is 0.321 e. The van der Waals surface area contributed by atoms with Crippen LogP contribution in [-0.4, -0.2) is 51.8 Å². The summed E-state index contributed by atoms with van der Waals surface area (Å²) in [5, 5.41) is 15.4. The fourth-order valence-electron chi connectivity index (χ4n) is 1.12. The summed E-state index contributed by atoms with van der Waals surface area (Å²) in [4.78, 5) is 34.6. The number of rotatable bonds is 6. The molecule has 0 aliphatic rings. The second-order valence-electron chi connectivity index (χ2n) is 3.54. The van der Waals surface area contributed by atoms with Crippen molar-refractivity contribution in [2.24, 2.45) is 0 Å². The second-order valence-corrected chi connectivity index (χ2v) is 3.54. The lowest BCUT2D eigenvalue weighted by Gasteiger charge is -2.03. The van der Waals surface area contributed by atoms with E-state index in [0.29, 0.717) is 0 Å². The predicted molar refractivity (Wildman–Crippen MR) is 65.3 cm³/mol. The van der Waals surface area contributed by atoms with E-state index in [0.717, 1.165) is 4.80 Å². The van der Waals surface area contributed by atoms with E-state index in [9.17, 15) is 14.4 Å². The quantitative estimate of drug-likeness (QED) is 0.475. The fraction of sp³-hybridized carbons (Fsp3) is 0.400. The van der Waals surface area contributed by atoms with E-state index in [2.05, 4.69) is 37.4 Å². The highest BCUT2D eigenvalue weighted by Gasteiger charge is 2.12. The van der Waals surface area contributed by atoms with Crippen molar-refractivity contribution in [3.8, 4) is 0 Å². The summed E-state index contributed by atoms with van der Waals surface area (Å²) in [6, 6.07) is -0.648. The van der Waals surface area contributed by atoms with E-state index in [1.165, 1.54) is 13.2 Å². The van der Waals surface area contributed by atoms with Gasteiger partial charge in [0.15, 0.2) is 5.82 Å². The highest BCUT2D eigenvalue weighted by atomic mass is 16.5. The Morgan fingerprint density at radius 3 is 2.85 bits per heavy atom. The number of carbonyl (C=O) groups is 3. The number of ether oxygens (including phenoxy) is 1. The van der Waals surface area contributed by atoms with Crippen molar-refractivity contribution in [2.45, 2.75) is 13.0 Å². The molecule has 10 heteroatoms. The van der Waals surface area contributed by atoms with Crippen LogP contribution < -0.4 is 10.6 Å². The van der Waals surface area contributed by atoms with E-state index < -0.39 is 17.9 Å². The number of nitrogens with one attached hydrogen (secondary N) is 2. The predicted octanol–water partition coefficient (Wildman–Crippen LogP) is -1.60. The summed E-state index contributed by atoms with van der Waals surface area (Å²) in [5.41, 5.74) is 0. The van der Waals surface area contributed by atoms with E-state index in [1.54, 1.807) is 0 Å². The molecule has 0 aliphatic carbocycles. The van der Waals surface area contributed by atoms with Gasteiger partial charge in [0.25, 0.3) is 5.91 Å². The molecular weight excluding hydrogens is 268 g/mol. The van der Waals surface area contributed by atoms with Gasteiger partial charge in [-0.15, -0.1) is 16.8 Å². The molecule has 108 valence electrons. The van der Waals surface area contributed by atoms with Crippen molar-refractivity contribution in [1.29, 1.82) is 0 Å². The Morgan fingerprint density at radius 2 is 2.20 bits per heavy atom. The number of aromatic nitrogens is 4. The number of hydrogen-bond donors (Lipinski definition) is 2. The third kappa shape index (κ3) is 5.25. The van der Waals surface area contributed by atoms with Gasteiger partial charge in [-0.25, -0.2) is 4.79 Å². The van der Waals surface area contributed by atoms with Gasteiger partial charge in [0, 0.05) is 6.54 Å². The van der Waals surface area contributed by atoms with Crippen LogP contribution in [0.15, 0.2) is 12.7 Å². The Kier molecular flexibility index (Phi) is 5.81. The molecule has 0 spiro atoms. The van der Waals surface area contributed by atoms with E-state index in [1.807, 2.05) is 0 Å². The second kappa shape index (κ2) is 7.61. The molecule has 0 aromatic carbocycles. The number of methoxy groups -OCH3 is 1. The molecule has 1 rings (SSSR count). The lowest BCUT2D eigenvalue weighted by molar-refractivity contribution is -0.139. The van der Waals surface area contributed by atoms with Gasteiger partial charge >= 0.3 is 12.0 Å². The molecule has 20 heavy (non-hydrogen) atoms. The maximum Gasteiger partial charge on any atom is 0.321 e. The highest BCUT2D eigenvalue weighted by molar-refractivity contribution is 5.94. The summed E-state index contributed by atoms with van der Waals surface area (Å²) in [6.45, 7) is 3.36. The Balaban J connectivity index is 2.44. The highest BCUT2D eigenvalue weighted by Crippen LogP contribution is 1.90. The van der Waals surface area contributed by atoms with Gasteiger partial charge in [-0.3, -0.25) is 14.9 Å². The van der Waals surface area contributed by atoms with Crippen LogP contribution in [0.2, 0.25) is 0 Å². The molecule has 0 aliphatic heterocycles. The first-order chi connectivity index (χ1) is 9.55. The monoisotopic (exact) mass is 282 g/mol. The zero-order valence-corrected chi connectivity index (χ0v) is 10.8. The van der Waals surface area contributed by atoms with Gasteiger partial charge < -0.3 is 10.1 Å². The van der Waals surface area contributed by atoms with Crippen LogP contribution in [0.1, 0.15) is 5.82 Å². The van der Waals surface area contributed by atoms with Gasteiger partial charge in [-0.05, 0) is 5.21 Å². The first-order valence-corrected chi connectivity index (χ1v) is 5.57. The molecule has 1 aromatic heterocycles. The largest absolute Gasteiger partial charge is 0.469 e. The topological polar surface area (TPSA) is 128 Å². The molecule has 0 saturated heterocycles. The molecule has 0 fully saturated rings. The van der Waals surface area contributed by atoms with E-state index >= 15 is 0 Å². The van der Waals surface area contributed by atoms with Crippen LogP contribution in [0.25, 0.3) is 0 Å². The first kappa shape index (κ1) is 15.3. The molecule has 10 nitrogen and oxygen atoms in total. The molecule has 3 amide bonds. The van der Waals surface area contributed by atoms with Crippen molar-refractivity contribution >= 4 is 17.9 Å². The minimum absolute atomic E-state index is 0.126. The van der Waals surface area contributed by atoms with Crippen LogP contribution in [-0.2, 0) is 27.3 Å². The van der Waals surface area contributed by atoms with Crippen molar-refractivity contribution in [1.82, 2.24) is 30.8 Å². The average molecular weight is 282 g/mol. The van der Waals surface area contributed by atoms with Crippen LogP contribution in [0.3, 0.4) is 0 Å². The first-order valence-electron chi connectivity index (χ1n) is 5.57. The molecular formula is C10H14N6O4. The van der Waals surface area contributed by atoms with E-state index in [-0.39, 0.29) is 25.3 Å². The molecule has 2 N–H and O–H groups in total. The molecule has 0 saturated carbocycles. The van der Waals surface area contributed by atoms with Crippen LogP contribution in [0.4, 0.5) is 4.79 Å². The normalized spacial score (nSPS) is 9.65. The van der Waals surface area contributed by atoms with Crippen molar-refractivity contribution in [3.05, 3.63) is 18.5 Å². The molecule has 0 radical (unpaired) electrons. The maximum absolute atomic E-state index is 11.5.